The maximum absolute atomic E-state index is 4.50. The average Bonchev–Trinajstić information content (AvgIpc) is 2.70. The number of nitrogens with zero attached hydrogens (tertiary/aromatic N) is 1. The molecule has 1 aliphatic carbocycles. The molecule has 0 saturated heterocycles. The SMILES string of the molecule is CSC(C)(C)CNC1CCc2cccnc21. The van der Waals surface area contributed by atoms with Crippen LogP contribution in [-0.4, -0.2) is 22.5 Å². The molecule has 1 aromatic rings. The lowest BCUT2D eigenvalue weighted by atomic mass is 10.1. The van der Waals surface area contributed by atoms with Gasteiger partial charge in [0.25, 0.3) is 0 Å². The Morgan fingerprint density at radius 3 is 3.12 bits per heavy atom. The number of pyridine rings is 1. The van der Waals surface area contributed by atoms with Crippen molar-refractivity contribution in [1.29, 1.82) is 0 Å². The lowest BCUT2D eigenvalue weighted by Crippen LogP contribution is -2.34. The molecule has 0 saturated carbocycles. The molecule has 0 radical (unpaired) electrons. The highest BCUT2D eigenvalue weighted by Gasteiger charge is 2.25. The maximum atomic E-state index is 4.50. The van der Waals surface area contributed by atoms with Gasteiger partial charge in [-0.25, -0.2) is 0 Å². The molecule has 0 bridgehead atoms. The van der Waals surface area contributed by atoms with Gasteiger partial charge >= 0.3 is 0 Å². The van der Waals surface area contributed by atoms with E-state index in [0.29, 0.717) is 10.8 Å². The highest BCUT2D eigenvalue weighted by Crippen LogP contribution is 2.30. The fourth-order valence-electron chi connectivity index (χ4n) is 2.05. The molecule has 16 heavy (non-hydrogen) atoms. The molecule has 88 valence electrons. The van der Waals surface area contributed by atoms with Crippen LogP contribution in [0.5, 0.6) is 0 Å². The Labute approximate surface area is 102 Å². The summed E-state index contributed by atoms with van der Waals surface area (Å²) < 4.78 is 0.303. The smallest absolute Gasteiger partial charge is 0.0605 e. The molecule has 1 heterocycles. The topological polar surface area (TPSA) is 24.9 Å². The van der Waals surface area contributed by atoms with Crippen LogP contribution in [0.15, 0.2) is 18.3 Å². The van der Waals surface area contributed by atoms with E-state index in [4.69, 9.17) is 0 Å². The first-order chi connectivity index (χ1) is 7.62. The predicted molar refractivity (Wildman–Crippen MR) is 70.9 cm³/mol. The second-order valence-corrected chi connectivity index (χ2v) is 6.50. The highest BCUT2D eigenvalue weighted by atomic mass is 32.2. The van der Waals surface area contributed by atoms with E-state index in [-0.39, 0.29) is 0 Å². The molecular weight excluding hydrogens is 216 g/mol. The average molecular weight is 236 g/mol. The van der Waals surface area contributed by atoms with Crippen molar-refractivity contribution in [2.24, 2.45) is 0 Å². The molecule has 2 nitrogen and oxygen atoms in total. The molecular formula is C13H20N2S. The van der Waals surface area contributed by atoms with Crippen LogP contribution >= 0.6 is 11.8 Å². The van der Waals surface area contributed by atoms with Crippen molar-refractivity contribution < 1.29 is 0 Å². The second-order valence-electron chi connectivity index (χ2n) is 4.98. The molecule has 0 aliphatic heterocycles. The zero-order valence-electron chi connectivity index (χ0n) is 10.3. The molecule has 1 unspecified atom stereocenters. The molecule has 1 aliphatic rings. The number of aryl methyl sites for hydroxylation is 1. The highest BCUT2D eigenvalue weighted by molar-refractivity contribution is 7.99. The fourth-order valence-corrected chi connectivity index (χ4v) is 2.28. The van der Waals surface area contributed by atoms with Crippen molar-refractivity contribution in [3.05, 3.63) is 29.6 Å². The molecule has 1 N–H and O–H groups in total. The lowest BCUT2D eigenvalue weighted by Gasteiger charge is -2.25. The number of rotatable bonds is 4. The fraction of sp³-hybridized carbons (Fsp3) is 0.615. The first kappa shape index (κ1) is 11.9. The van der Waals surface area contributed by atoms with Crippen molar-refractivity contribution in [3.8, 4) is 0 Å². The molecule has 0 amide bonds. The van der Waals surface area contributed by atoms with Gasteiger partial charge in [0.1, 0.15) is 0 Å². The second kappa shape index (κ2) is 4.76. The van der Waals surface area contributed by atoms with Crippen molar-refractivity contribution >= 4 is 11.8 Å². The summed E-state index contributed by atoms with van der Waals surface area (Å²) in [6.45, 7) is 5.59. The normalized spacial score (nSPS) is 19.8. The number of nitrogens with one attached hydrogen (secondary N) is 1. The monoisotopic (exact) mass is 236 g/mol. The molecule has 0 spiro atoms. The van der Waals surface area contributed by atoms with Gasteiger partial charge in [0.2, 0.25) is 0 Å². The Kier molecular flexibility index (Phi) is 3.55. The minimum absolute atomic E-state index is 0.303. The van der Waals surface area contributed by atoms with E-state index in [1.165, 1.54) is 24.1 Å². The molecule has 3 heteroatoms. The number of thioether (sulfide) groups is 1. The Balaban J connectivity index is 1.99. The Hall–Kier alpha value is -0.540. The van der Waals surface area contributed by atoms with Crippen LogP contribution in [-0.2, 0) is 6.42 Å². The summed E-state index contributed by atoms with van der Waals surface area (Å²) >= 11 is 1.91. The van der Waals surface area contributed by atoms with E-state index in [0.717, 1.165) is 6.54 Å². The number of aromatic nitrogens is 1. The van der Waals surface area contributed by atoms with Gasteiger partial charge in [-0.05, 0) is 44.6 Å². The minimum Gasteiger partial charge on any atom is -0.307 e. The first-order valence-corrected chi connectivity index (χ1v) is 7.07. The van der Waals surface area contributed by atoms with Gasteiger partial charge in [-0.3, -0.25) is 4.98 Å². The molecule has 1 atom stereocenters. The van der Waals surface area contributed by atoms with Crippen LogP contribution in [0.3, 0.4) is 0 Å². The van der Waals surface area contributed by atoms with Gasteiger partial charge in [-0.2, -0.15) is 11.8 Å². The van der Waals surface area contributed by atoms with Gasteiger partial charge < -0.3 is 5.32 Å². The third-order valence-electron chi connectivity index (χ3n) is 3.29. The van der Waals surface area contributed by atoms with Crippen molar-refractivity contribution in [3.63, 3.8) is 0 Å². The van der Waals surface area contributed by atoms with Crippen molar-refractivity contribution in [2.45, 2.75) is 37.5 Å². The van der Waals surface area contributed by atoms with Crippen LogP contribution in [0.4, 0.5) is 0 Å². The Bertz CT molecular complexity index is 363. The van der Waals surface area contributed by atoms with Crippen molar-refractivity contribution in [1.82, 2.24) is 10.3 Å². The van der Waals surface area contributed by atoms with E-state index in [9.17, 15) is 0 Å². The Morgan fingerprint density at radius 2 is 2.38 bits per heavy atom. The van der Waals surface area contributed by atoms with Crippen LogP contribution in [0.1, 0.15) is 37.6 Å². The lowest BCUT2D eigenvalue weighted by molar-refractivity contribution is 0.486. The van der Waals surface area contributed by atoms with Gasteiger partial charge in [-0.15, -0.1) is 0 Å². The standard InChI is InChI=1S/C13H20N2S/c1-13(2,16-3)9-15-11-7-6-10-5-4-8-14-12(10)11/h4-5,8,11,15H,6-7,9H2,1-3H3. The van der Waals surface area contributed by atoms with Crippen LogP contribution in [0, 0.1) is 0 Å². The quantitative estimate of drug-likeness (QED) is 0.870. The summed E-state index contributed by atoms with van der Waals surface area (Å²) in [6, 6.07) is 4.69. The van der Waals surface area contributed by atoms with Gasteiger partial charge in [0.05, 0.1) is 11.7 Å². The van der Waals surface area contributed by atoms with Crippen LogP contribution < -0.4 is 5.32 Å². The zero-order valence-corrected chi connectivity index (χ0v) is 11.1. The van der Waals surface area contributed by atoms with Crippen molar-refractivity contribution in [2.75, 3.05) is 12.8 Å². The van der Waals surface area contributed by atoms with Gasteiger partial charge in [-0.1, -0.05) is 6.07 Å². The molecule has 0 aromatic carbocycles. The van der Waals surface area contributed by atoms with E-state index in [1.807, 2.05) is 24.0 Å². The zero-order chi connectivity index (χ0) is 11.6. The summed E-state index contributed by atoms with van der Waals surface area (Å²) in [6.07, 6.45) is 6.43. The number of hydrogen-bond donors (Lipinski definition) is 1. The van der Waals surface area contributed by atoms with Crippen LogP contribution in [0.25, 0.3) is 0 Å². The van der Waals surface area contributed by atoms with E-state index in [2.05, 4.69) is 36.5 Å². The summed E-state index contributed by atoms with van der Waals surface area (Å²) in [5, 5.41) is 3.65. The largest absolute Gasteiger partial charge is 0.307 e. The first-order valence-electron chi connectivity index (χ1n) is 5.85. The van der Waals surface area contributed by atoms with E-state index in [1.54, 1.807) is 0 Å². The van der Waals surface area contributed by atoms with E-state index < -0.39 is 0 Å². The molecule has 1 aromatic heterocycles. The summed E-state index contributed by atoms with van der Waals surface area (Å²) in [7, 11) is 0. The number of fused-ring (bicyclic) bond motifs is 1. The van der Waals surface area contributed by atoms with Gasteiger partial charge in [0.15, 0.2) is 0 Å². The Morgan fingerprint density at radius 1 is 1.56 bits per heavy atom. The summed E-state index contributed by atoms with van der Waals surface area (Å²) in [4.78, 5) is 4.50. The third-order valence-corrected chi connectivity index (χ3v) is 4.53. The number of hydrogen-bond acceptors (Lipinski definition) is 3. The third kappa shape index (κ3) is 2.58. The molecule has 0 fully saturated rings. The summed E-state index contributed by atoms with van der Waals surface area (Å²) in [5.74, 6) is 0. The summed E-state index contributed by atoms with van der Waals surface area (Å²) in [5.41, 5.74) is 2.68. The predicted octanol–water partition coefficient (Wildman–Crippen LogP) is 2.80. The van der Waals surface area contributed by atoms with Crippen LogP contribution in [0.2, 0.25) is 0 Å². The van der Waals surface area contributed by atoms with Gasteiger partial charge in [0, 0.05) is 17.5 Å². The van der Waals surface area contributed by atoms with E-state index >= 15 is 0 Å². The molecule has 2 rings (SSSR count). The maximum Gasteiger partial charge on any atom is 0.0605 e. The minimum atomic E-state index is 0.303.